The van der Waals surface area contributed by atoms with Gasteiger partial charge in [0.1, 0.15) is 5.69 Å². The van der Waals surface area contributed by atoms with Crippen LogP contribution in [0.25, 0.3) is 5.69 Å². The third-order valence-electron chi connectivity index (χ3n) is 4.34. The Hall–Kier alpha value is -2.31. The van der Waals surface area contributed by atoms with Crippen LogP contribution in [0.2, 0.25) is 5.15 Å². The van der Waals surface area contributed by atoms with Crippen molar-refractivity contribution in [2.24, 2.45) is 5.92 Å². The average Bonchev–Trinajstić information content (AvgIpc) is 3.11. The number of rotatable bonds is 8. The molecule has 5 nitrogen and oxygen atoms in total. The number of hydrogen-bond acceptors (Lipinski definition) is 4. The highest BCUT2D eigenvalue weighted by Gasteiger charge is 2.24. The molecule has 0 saturated carbocycles. The van der Waals surface area contributed by atoms with E-state index in [0.717, 1.165) is 17.2 Å². The highest BCUT2D eigenvalue weighted by molar-refractivity contribution is 7.98. The first kappa shape index (κ1) is 20.4. The van der Waals surface area contributed by atoms with Gasteiger partial charge in [-0.05, 0) is 24.6 Å². The summed E-state index contributed by atoms with van der Waals surface area (Å²) >= 11 is 8.11. The Morgan fingerprint density at radius 3 is 2.71 bits per heavy atom. The van der Waals surface area contributed by atoms with Crippen molar-refractivity contribution in [1.29, 1.82) is 0 Å². The van der Waals surface area contributed by atoms with Crippen LogP contribution < -0.4 is 4.90 Å². The Balaban J connectivity index is 1.66. The molecule has 0 N–H and O–H groups in total. The summed E-state index contributed by atoms with van der Waals surface area (Å²) in [4.78, 5) is 18.8. The Morgan fingerprint density at radius 1 is 1.25 bits per heavy atom. The lowest BCUT2D eigenvalue weighted by Gasteiger charge is -2.23. The minimum absolute atomic E-state index is 0.0516. The van der Waals surface area contributed by atoms with Gasteiger partial charge in [0.05, 0.1) is 18.1 Å². The zero-order valence-electron chi connectivity index (χ0n) is 16.0. The Labute approximate surface area is 174 Å². The third kappa shape index (κ3) is 4.94. The number of aromatic nitrogens is 3. The van der Waals surface area contributed by atoms with Gasteiger partial charge in [0, 0.05) is 30.2 Å². The number of hydrogen-bond donors (Lipinski definition) is 0. The zero-order valence-corrected chi connectivity index (χ0v) is 17.5. The van der Waals surface area contributed by atoms with Crippen LogP contribution >= 0.6 is 23.4 Å². The van der Waals surface area contributed by atoms with E-state index in [1.165, 1.54) is 5.56 Å². The smallest absolute Gasteiger partial charge is 0.230 e. The maximum Gasteiger partial charge on any atom is 0.230 e. The van der Waals surface area contributed by atoms with Gasteiger partial charge < -0.3 is 4.90 Å². The highest BCUT2D eigenvalue weighted by atomic mass is 35.5. The standard InChI is InChI=1S/C21H23ClN4OS/c1-3-25(19-13-26(24-20(19)22)18-10-7-11-23-12-18)21(27)16(2)14-28-15-17-8-5-4-6-9-17/h4-13,16H,3,14-15H2,1-2H3. The quantitative estimate of drug-likeness (QED) is 0.529. The molecule has 28 heavy (non-hydrogen) atoms. The van der Waals surface area contributed by atoms with Crippen molar-refractivity contribution in [2.75, 3.05) is 17.2 Å². The SMILES string of the molecule is CCN(C(=O)C(C)CSCc1ccccc1)c1cn(-c2cccnc2)nc1Cl. The minimum Gasteiger partial charge on any atom is -0.308 e. The number of amides is 1. The molecule has 146 valence electrons. The van der Waals surface area contributed by atoms with Crippen molar-refractivity contribution in [3.63, 3.8) is 0 Å². The van der Waals surface area contributed by atoms with Crippen LogP contribution in [0.4, 0.5) is 5.69 Å². The number of halogens is 1. The first-order valence-corrected chi connectivity index (χ1v) is 10.7. The van der Waals surface area contributed by atoms with Crippen molar-refractivity contribution in [1.82, 2.24) is 14.8 Å². The molecule has 0 aliphatic carbocycles. The van der Waals surface area contributed by atoms with E-state index in [0.29, 0.717) is 17.4 Å². The van der Waals surface area contributed by atoms with Gasteiger partial charge in [0.15, 0.2) is 5.15 Å². The number of pyridine rings is 1. The summed E-state index contributed by atoms with van der Waals surface area (Å²) in [6.07, 6.45) is 5.19. The molecule has 1 aromatic carbocycles. The first-order valence-electron chi connectivity index (χ1n) is 9.18. The molecule has 0 aliphatic rings. The van der Waals surface area contributed by atoms with E-state index in [-0.39, 0.29) is 11.8 Å². The third-order valence-corrected chi connectivity index (χ3v) is 5.88. The summed E-state index contributed by atoms with van der Waals surface area (Å²) in [6.45, 7) is 4.44. The molecule has 0 spiro atoms. The fourth-order valence-electron chi connectivity index (χ4n) is 2.86. The van der Waals surface area contributed by atoms with Gasteiger partial charge in [0.25, 0.3) is 0 Å². The summed E-state index contributed by atoms with van der Waals surface area (Å²) in [6, 6.07) is 14.0. The zero-order chi connectivity index (χ0) is 19.9. The summed E-state index contributed by atoms with van der Waals surface area (Å²) in [5, 5.41) is 4.64. The van der Waals surface area contributed by atoms with Gasteiger partial charge in [-0.15, -0.1) is 0 Å². The summed E-state index contributed by atoms with van der Waals surface area (Å²) in [5.74, 6) is 1.57. The summed E-state index contributed by atoms with van der Waals surface area (Å²) in [7, 11) is 0. The predicted molar refractivity (Wildman–Crippen MR) is 116 cm³/mol. The van der Waals surface area contributed by atoms with Crippen molar-refractivity contribution < 1.29 is 4.79 Å². The number of anilines is 1. The van der Waals surface area contributed by atoms with Crippen LogP contribution in [-0.2, 0) is 10.5 Å². The van der Waals surface area contributed by atoms with Crippen LogP contribution in [0, 0.1) is 5.92 Å². The first-order chi connectivity index (χ1) is 13.6. The lowest BCUT2D eigenvalue weighted by Crippen LogP contribution is -2.36. The molecule has 1 atom stereocenters. The Morgan fingerprint density at radius 2 is 2.04 bits per heavy atom. The van der Waals surface area contributed by atoms with Crippen LogP contribution in [-0.4, -0.2) is 33.0 Å². The Kier molecular flexibility index (Phi) is 7.12. The normalized spacial score (nSPS) is 12.0. The fourth-order valence-corrected chi connectivity index (χ4v) is 4.13. The van der Waals surface area contributed by atoms with Crippen LogP contribution in [0.15, 0.2) is 61.1 Å². The van der Waals surface area contributed by atoms with Gasteiger partial charge in [-0.1, -0.05) is 48.9 Å². The summed E-state index contributed by atoms with van der Waals surface area (Å²) in [5.41, 5.74) is 2.68. The molecule has 3 aromatic rings. The van der Waals surface area contributed by atoms with Crippen LogP contribution in [0.3, 0.4) is 0 Å². The van der Waals surface area contributed by atoms with E-state index >= 15 is 0 Å². The second kappa shape index (κ2) is 9.75. The van der Waals surface area contributed by atoms with Gasteiger partial charge in [-0.3, -0.25) is 9.78 Å². The van der Waals surface area contributed by atoms with Crippen LogP contribution in [0.1, 0.15) is 19.4 Å². The van der Waals surface area contributed by atoms with E-state index in [1.54, 1.807) is 39.9 Å². The van der Waals surface area contributed by atoms with Crippen molar-refractivity contribution in [2.45, 2.75) is 19.6 Å². The molecule has 1 amide bonds. The second-order valence-corrected chi connectivity index (χ2v) is 7.83. The molecule has 2 heterocycles. The molecule has 0 bridgehead atoms. The number of nitrogens with zero attached hydrogens (tertiary/aromatic N) is 4. The second-order valence-electron chi connectivity index (χ2n) is 6.45. The number of benzene rings is 1. The largest absolute Gasteiger partial charge is 0.308 e. The number of carbonyl (C=O) groups excluding carboxylic acids is 1. The molecule has 0 radical (unpaired) electrons. The molecule has 0 aliphatic heterocycles. The summed E-state index contributed by atoms with van der Waals surface area (Å²) < 4.78 is 1.65. The minimum atomic E-state index is -0.119. The van der Waals surface area contributed by atoms with Crippen molar-refractivity contribution >= 4 is 35.0 Å². The van der Waals surface area contributed by atoms with Crippen LogP contribution in [0.5, 0.6) is 0 Å². The van der Waals surface area contributed by atoms with Crippen molar-refractivity contribution in [3.05, 3.63) is 71.8 Å². The molecule has 3 rings (SSSR count). The molecule has 1 unspecified atom stereocenters. The van der Waals surface area contributed by atoms with Gasteiger partial charge in [-0.2, -0.15) is 16.9 Å². The molecule has 0 fully saturated rings. The number of thioether (sulfide) groups is 1. The fraction of sp³-hybridized carbons (Fsp3) is 0.286. The van der Waals surface area contributed by atoms with E-state index < -0.39 is 0 Å². The topological polar surface area (TPSA) is 51.0 Å². The molecule has 0 saturated heterocycles. The van der Waals surface area contributed by atoms with Crippen molar-refractivity contribution in [3.8, 4) is 5.69 Å². The van der Waals surface area contributed by atoms with Gasteiger partial charge in [0.2, 0.25) is 5.91 Å². The van der Waals surface area contributed by atoms with E-state index in [9.17, 15) is 4.79 Å². The van der Waals surface area contributed by atoms with E-state index in [2.05, 4.69) is 22.2 Å². The van der Waals surface area contributed by atoms with E-state index in [1.807, 2.05) is 44.2 Å². The lowest BCUT2D eigenvalue weighted by molar-refractivity contribution is -0.121. The molecule has 2 aromatic heterocycles. The maximum absolute atomic E-state index is 13.0. The Bertz CT molecular complexity index is 901. The molecule has 7 heteroatoms. The highest BCUT2D eigenvalue weighted by Crippen LogP contribution is 2.28. The number of carbonyl (C=O) groups is 1. The average molecular weight is 415 g/mol. The predicted octanol–water partition coefficient (Wildman–Crippen LogP) is 4.84. The maximum atomic E-state index is 13.0. The monoisotopic (exact) mass is 414 g/mol. The molecular weight excluding hydrogens is 392 g/mol. The lowest BCUT2D eigenvalue weighted by atomic mass is 10.2. The molecular formula is C21H23ClN4OS. The van der Waals surface area contributed by atoms with Gasteiger partial charge in [-0.25, -0.2) is 4.68 Å². The van der Waals surface area contributed by atoms with E-state index in [4.69, 9.17) is 11.6 Å². The van der Waals surface area contributed by atoms with Gasteiger partial charge >= 0.3 is 0 Å².